The summed E-state index contributed by atoms with van der Waals surface area (Å²) < 4.78 is 5.23. The number of hydrogen-bond donors (Lipinski definition) is 1. The average molecular weight is 264 g/mol. The maximum atomic E-state index is 11.2. The first-order chi connectivity index (χ1) is 6.57. The summed E-state index contributed by atoms with van der Waals surface area (Å²) in [6, 6.07) is 0. The molecule has 0 spiro atoms. The lowest BCUT2D eigenvalue weighted by Crippen LogP contribution is -2.33. The minimum atomic E-state index is -0.0939. The van der Waals surface area contributed by atoms with Crippen molar-refractivity contribution in [3.05, 3.63) is 12.2 Å². The Morgan fingerprint density at radius 3 is 2.79 bits per heavy atom. The number of amides is 1. The van der Waals surface area contributed by atoms with Gasteiger partial charge in [0.15, 0.2) is 0 Å². The van der Waals surface area contributed by atoms with Crippen LogP contribution in [-0.2, 0) is 9.53 Å². The van der Waals surface area contributed by atoms with Gasteiger partial charge in [0.2, 0.25) is 5.91 Å². The molecule has 1 atom stereocenters. The Hall–Kier alpha value is -0.350. The highest BCUT2D eigenvalue weighted by Crippen LogP contribution is 2.03. The van der Waals surface area contributed by atoms with Gasteiger partial charge in [-0.25, -0.2) is 0 Å². The van der Waals surface area contributed by atoms with Crippen molar-refractivity contribution in [2.24, 2.45) is 0 Å². The van der Waals surface area contributed by atoms with E-state index in [0.717, 1.165) is 12.0 Å². The molecule has 0 aromatic heterocycles. The molecule has 0 aromatic carbocycles. The molecule has 1 amide bonds. The van der Waals surface area contributed by atoms with Gasteiger partial charge in [-0.3, -0.25) is 4.79 Å². The molecule has 1 unspecified atom stereocenters. The van der Waals surface area contributed by atoms with Crippen molar-refractivity contribution in [3.63, 3.8) is 0 Å². The number of nitrogens with one attached hydrogen (secondary N) is 1. The van der Waals surface area contributed by atoms with Crippen LogP contribution in [0.15, 0.2) is 12.2 Å². The van der Waals surface area contributed by atoms with Gasteiger partial charge in [-0.15, -0.1) is 0 Å². The summed E-state index contributed by atoms with van der Waals surface area (Å²) >= 11 is 3.27. The van der Waals surface area contributed by atoms with Crippen LogP contribution < -0.4 is 5.32 Å². The van der Waals surface area contributed by atoms with Gasteiger partial charge in [-0.05, 0) is 13.3 Å². The fourth-order valence-electron chi connectivity index (χ4n) is 0.789. The molecular formula is C10H18BrNO2. The van der Waals surface area contributed by atoms with E-state index in [2.05, 4.69) is 27.8 Å². The average Bonchev–Trinajstić information content (AvgIpc) is 2.15. The Labute approximate surface area is 94.0 Å². The van der Waals surface area contributed by atoms with Crippen LogP contribution >= 0.6 is 15.9 Å². The minimum Gasteiger partial charge on any atom is -0.375 e. The minimum absolute atomic E-state index is 0.0198. The number of hydrogen-bond acceptors (Lipinski definition) is 2. The Balaban J connectivity index is 3.36. The molecule has 82 valence electrons. The highest BCUT2D eigenvalue weighted by molar-refractivity contribution is 9.10. The fourth-order valence-corrected chi connectivity index (χ4v) is 0.951. The molecule has 0 aromatic rings. The predicted molar refractivity (Wildman–Crippen MR) is 61.6 cm³/mol. The summed E-state index contributed by atoms with van der Waals surface area (Å²) in [7, 11) is 0. The smallest absolute Gasteiger partial charge is 0.233 e. The monoisotopic (exact) mass is 263 g/mol. The molecule has 0 aliphatic rings. The molecule has 0 bridgehead atoms. The standard InChI is InChI=1S/C10H18BrNO2/c1-4-9(11)10(13)12-5-6-14-7-8(2)3/h9H,2,4-7H2,1,3H3,(H,12,13). The van der Waals surface area contributed by atoms with Gasteiger partial charge in [0.25, 0.3) is 0 Å². The van der Waals surface area contributed by atoms with Crippen LogP contribution in [0.4, 0.5) is 0 Å². The molecule has 0 saturated heterocycles. The molecule has 0 heterocycles. The Bertz CT molecular complexity index is 195. The summed E-state index contributed by atoms with van der Waals surface area (Å²) in [6.45, 7) is 9.21. The molecule has 14 heavy (non-hydrogen) atoms. The van der Waals surface area contributed by atoms with Gasteiger partial charge >= 0.3 is 0 Å². The number of carbonyl (C=O) groups is 1. The first kappa shape index (κ1) is 13.7. The SMILES string of the molecule is C=C(C)COCCNC(=O)C(Br)CC. The van der Waals surface area contributed by atoms with Crippen LogP contribution in [0.1, 0.15) is 20.3 Å². The molecule has 0 fully saturated rings. The summed E-state index contributed by atoms with van der Waals surface area (Å²) in [4.78, 5) is 11.1. The lowest BCUT2D eigenvalue weighted by molar-refractivity contribution is -0.120. The van der Waals surface area contributed by atoms with E-state index in [9.17, 15) is 4.79 Å². The van der Waals surface area contributed by atoms with Crippen LogP contribution in [0.3, 0.4) is 0 Å². The summed E-state index contributed by atoms with van der Waals surface area (Å²) in [5.41, 5.74) is 0.989. The number of alkyl halides is 1. The zero-order valence-electron chi connectivity index (χ0n) is 8.81. The van der Waals surface area contributed by atoms with Crippen LogP contribution in [0.25, 0.3) is 0 Å². The predicted octanol–water partition coefficient (Wildman–Crippen LogP) is 1.87. The normalized spacial score (nSPS) is 12.2. The fraction of sp³-hybridized carbons (Fsp3) is 0.700. The molecule has 0 rings (SSSR count). The number of ether oxygens (including phenoxy) is 1. The second kappa shape index (κ2) is 8.00. The molecule has 0 aliphatic heterocycles. The van der Waals surface area contributed by atoms with Crippen LogP contribution in [0, 0.1) is 0 Å². The van der Waals surface area contributed by atoms with Crippen LogP contribution in [0.2, 0.25) is 0 Å². The highest BCUT2D eigenvalue weighted by Gasteiger charge is 2.10. The van der Waals surface area contributed by atoms with Gasteiger partial charge in [0.05, 0.1) is 18.0 Å². The van der Waals surface area contributed by atoms with E-state index in [-0.39, 0.29) is 10.7 Å². The van der Waals surface area contributed by atoms with Gasteiger partial charge in [0.1, 0.15) is 0 Å². The van der Waals surface area contributed by atoms with Crippen molar-refractivity contribution >= 4 is 21.8 Å². The first-order valence-corrected chi connectivity index (χ1v) is 5.63. The summed E-state index contributed by atoms with van der Waals surface area (Å²) in [5.74, 6) is 0.0198. The first-order valence-electron chi connectivity index (χ1n) is 4.71. The third-order valence-corrected chi connectivity index (χ3v) is 2.60. The van der Waals surface area contributed by atoms with Gasteiger partial charge in [0, 0.05) is 6.54 Å². The Kier molecular flexibility index (Phi) is 7.80. The van der Waals surface area contributed by atoms with Crippen molar-refractivity contribution in [2.45, 2.75) is 25.1 Å². The Morgan fingerprint density at radius 1 is 1.64 bits per heavy atom. The summed E-state index contributed by atoms with van der Waals surface area (Å²) in [5, 5.41) is 2.77. The van der Waals surface area contributed by atoms with Gasteiger partial charge in [-0.2, -0.15) is 0 Å². The molecular weight excluding hydrogens is 246 g/mol. The van der Waals surface area contributed by atoms with Crippen molar-refractivity contribution in [1.29, 1.82) is 0 Å². The summed E-state index contributed by atoms with van der Waals surface area (Å²) in [6.07, 6.45) is 0.790. The zero-order chi connectivity index (χ0) is 11.0. The molecule has 0 aliphatic carbocycles. The maximum absolute atomic E-state index is 11.2. The number of rotatable bonds is 7. The highest BCUT2D eigenvalue weighted by atomic mass is 79.9. The van der Waals surface area contributed by atoms with Gasteiger partial charge < -0.3 is 10.1 Å². The van der Waals surface area contributed by atoms with Crippen LogP contribution in [-0.4, -0.2) is 30.5 Å². The van der Waals surface area contributed by atoms with Crippen molar-refractivity contribution < 1.29 is 9.53 Å². The second-order valence-electron chi connectivity index (χ2n) is 3.18. The molecule has 0 radical (unpaired) electrons. The zero-order valence-corrected chi connectivity index (χ0v) is 10.4. The van der Waals surface area contributed by atoms with E-state index in [0.29, 0.717) is 19.8 Å². The Morgan fingerprint density at radius 2 is 2.29 bits per heavy atom. The van der Waals surface area contributed by atoms with E-state index in [1.165, 1.54) is 0 Å². The molecule has 4 heteroatoms. The van der Waals surface area contributed by atoms with E-state index < -0.39 is 0 Å². The lowest BCUT2D eigenvalue weighted by Gasteiger charge is -2.08. The number of halogens is 1. The molecule has 1 N–H and O–H groups in total. The third-order valence-electron chi connectivity index (χ3n) is 1.54. The molecule has 3 nitrogen and oxygen atoms in total. The van der Waals surface area contributed by atoms with E-state index >= 15 is 0 Å². The van der Waals surface area contributed by atoms with Crippen molar-refractivity contribution in [1.82, 2.24) is 5.32 Å². The topological polar surface area (TPSA) is 38.3 Å². The lowest BCUT2D eigenvalue weighted by atomic mass is 10.3. The maximum Gasteiger partial charge on any atom is 0.233 e. The second-order valence-corrected chi connectivity index (χ2v) is 4.28. The molecule has 0 saturated carbocycles. The third kappa shape index (κ3) is 7.09. The van der Waals surface area contributed by atoms with Crippen molar-refractivity contribution in [2.75, 3.05) is 19.8 Å². The largest absolute Gasteiger partial charge is 0.375 e. The quantitative estimate of drug-likeness (QED) is 0.433. The van der Waals surface area contributed by atoms with Crippen LogP contribution in [0.5, 0.6) is 0 Å². The van der Waals surface area contributed by atoms with E-state index in [4.69, 9.17) is 4.74 Å². The van der Waals surface area contributed by atoms with Crippen molar-refractivity contribution in [3.8, 4) is 0 Å². The van der Waals surface area contributed by atoms with E-state index in [1.807, 2.05) is 13.8 Å². The number of carbonyl (C=O) groups excluding carboxylic acids is 1. The van der Waals surface area contributed by atoms with E-state index in [1.54, 1.807) is 0 Å². The van der Waals surface area contributed by atoms with Gasteiger partial charge in [-0.1, -0.05) is 35.0 Å².